The molecule has 0 heterocycles. The van der Waals surface area contributed by atoms with Gasteiger partial charge in [0.05, 0.1) is 23.1 Å². The third kappa shape index (κ3) is 4.28. The standard InChI is InChI=1S/C14H14F2N2O5/c15-13(5-1-3-11(7-13)17(19)20)9-23-10-14(16)6-2-4-12(8-14)18(21)22/h1-4,7-8H,5-6,9-10H2. The lowest BCUT2D eigenvalue weighted by Gasteiger charge is -2.26. The van der Waals surface area contributed by atoms with Crippen molar-refractivity contribution in [3.63, 3.8) is 0 Å². The van der Waals surface area contributed by atoms with Gasteiger partial charge in [0.2, 0.25) is 0 Å². The van der Waals surface area contributed by atoms with Crippen molar-refractivity contribution in [3.8, 4) is 0 Å². The second kappa shape index (κ2) is 6.37. The predicted molar refractivity (Wildman–Crippen MR) is 76.2 cm³/mol. The van der Waals surface area contributed by atoms with Gasteiger partial charge in [-0.25, -0.2) is 8.78 Å². The fraction of sp³-hybridized carbons (Fsp3) is 0.429. The molecule has 23 heavy (non-hydrogen) atoms. The maximum Gasteiger partial charge on any atom is 0.268 e. The average Bonchev–Trinajstić information content (AvgIpc) is 2.46. The molecule has 9 heteroatoms. The van der Waals surface area contributed by atoms with Crippen LogP contribution in [0.1, 0.15) is 12.8 Å². The van der Waals surface area contributed by atoms with Gasteiger partial charge in [-0.3, -0.25) is 20.2 Å². The van der Waals surface area contributed by atoms with Gasteiger partial charge in [0.25, 0.3) is 11.4 Å². The summed E-state index contributed by atoms with van der Waals surface area (Å²) in [4.78, 5) is 19.9. The maximum atomic E-state index is 14.4. The molecule has 0 saturated heterocycles. The van der Waals surface area contributed by atoms with E-state index in [2.05, 4.69) is 0 Å². The van der Waals surface area contributed by atoms with Crippen molar-refractivity contribution in [1.29, 1.82) is 0 Å². The average molecular weight is 328 g/mol. The maximum absolute atomic E-state index is 14.4. The highest BCUT2D eigenvalue weighted by molar-refractivity contribution is 5.25. The summed E-state index contributed by atoms with van der Waals surface area (Å²) in [5, 5.41) is 21.3. The fourth-order valence-electron chi connectivity index (χ4n) is 2.31. The van der Waals surface area contributed by atoms with Crippen LogP contribution in [0.2, 0.25) is 0 Å². The molecule has 0 bridgehead atoms. The number of nitrogens with zero attached hydrogens (tertiary/aromatic N) is 2. The van der Waals surface area contributed by atoms with Gasteiger partial charge in [-0.1, -0.05) is 12.2 Å². The zero-order valence-corrected chi connectivity index (χ0v) is 12.0. The summed E-state index contributed by atoms with van der Waals surface area (Å²) >= 11 is 0. The van der Waals surface area contributed by atoms with Crippen LogP contribution < -0.4 is 0 Å². The fourth-order valence-corrected chi connectivity index (χ4v) is 2.31. The Morgan fingerprint density at radius 1 is 0.957 bits per heavy atom. The number of alkyl halides is 2. The largest absolute Gasteiger partial charge is 0.374 e. The Kier molecular flexibility index (Phi) is 4.69. The van der Waals surface area contributed by atoms with Gasteiger partial charge in [-0.05, 0) is 0 Å². The van der Waals surface area contributed by atoms with Gasteiger partial charge in [-0.2, -0.15) is 0 Å². The molecule has 0 aromatic rings. The number of allylic oxidation sites excluding steroid dienone is 4. The number of hydrogen-bond donors (Lipinski definition) is 0. The lowest BCUT2D eigenvalue weighted by molar-refractivity contribution is -0.420. The molecule has 124 valence electrons. The van der Waals surface area contributed by atoms with Crippen LogP contribution in [-0.2, 0) is 4.74 Å². The molecule has 0 radical (unpaired) electrons. The molecule has 0 aromatic heterocycles. The quantitative estimate of drug-likeness (QED) is 0.552. The van der Waals surface area contributed by atoms with Crippen LogP contribution in [-0.4, -0.2) is 34.4 Å². The topological polar surface area (TPSA) is 95.5 Å². The first kappa shape index (κ1) is 16.9. The Labute approximate surface area is 129 Å². The van der Waals surface area contributed by atoms with Crippen molar-refractivity contribution < 1.29 is 23.4 Å². The van der Waals surface area contributed by atoms with Crippen molar-refractivity contribution in [2.75, 3.05) is 13.2 Å². The van der Waals surface area contributed by atoms with Crippen LogP contribution in [0.3, 0.4) is 0 Å². The smallest absolute Gasteiger partial charge is 0.268 e. The Morgan fingerprint density at radius 3 is 1.70 bits per heavy atom. The van der Waals surface area contributed by atoms with E-state index in [-0.39, 0.29) is 12.8 Å². The molecule has 0 spiro atoms. The molecular formula is C14H14F2N2O5. The van der Waals surface area contributed by atoms with E-state index in [0.29, 0.717) is 0 Å². The summed E-state index contributed by atoms with van der Waals surface area (Å²) in [5.74, 6) is 0. The molecule has 2 aliphatic rings. The van der Waals surface area contributed by atoms with Gasteiger partial charge in [-0.15, -0.1) is 0 Å². The van der Waals surface area contributed by atoms with Crippen LogP contribution in [0.4, 0.5) is 8.78 Å². The summed E-state index contributed by atoms with van der Waals surface area (Å²) < 4.78 is 33.9. The third-order valence-corrected chi connectivity index (χ3v) is 3.41. The second-order valence-electron chi connectivity index (χ2n) is 5.43. The highest BCUT2D eigenvalue weighted by atomic mass is 19.1. The number of hydrogen-bond acceptors (Lipinski definition) is 5. The second-order valence-corrected chi connectivity index (χ2v) is 5.43. The van der Waals surface area contributed by atoms with Crippen molar-refractivity contribution in [3.05, 3.63) is 68.1 Å². The summed E-state index contributed by atoms with van der Waals surface area (Å²) in [7, 11) is 0. The monoisotopic (exact) mass is 328 g/mol. The molecule has 0 saturated carbocycles. The van der Waals surface area contributed by atoms with Gasteiger partial charge >= 0.3 is 0 Å². The zero-order chi connectivity index (χ0) is 17.1. The summed E-state index contributed by atoms with van der Waals surface area (Å²) in [5.41, 5.74) is -5.00. The molecule has 0 N–H and O–H groups in total. The first-order valence-electron chi connectivity index (χ1n) is 6.76. The summed E-state index contributed by atoms with van der Waals surface area (Å²) in [6.07, 6.45) is 6.40. The highest BCUT2D eigenvalue weighted by Crippen LogP contribution is 2.29. The van der Waals surface area contributed by atoms with Crippen LogP contribution in [0.25, 0.3) is 0 Å². The molecule has 7 nitrogen and oxygen atoms in total. The lowest BCUT2D eigenvalue weighted by atomic mass is 9.95. The van der Waals surface area contributed by atoms with Crippen molar-refractivity contribution in [2.24, 2.45) is 0 Å². The molecule has 0 amide bonds. The van der Waals surface area contributed by atoms with E-state index < -0.39 is 45.8 Å². The predicted octanol–water partition coefficient (Wildman–Crippen LogP) is 2.66. The van der Waals surface area contributed by atoms with E-state index >= 15 is 0 Å². The number of halogens is 2. The van der Waals surface area contributed by atoms with Crippen molar-refractivity contribution in [1.82, 2.24) is 0 Å². The Bertz CT molecular complexity index is 589. The summed E-state index contributed by atoms with van der Waals surface area (Å²) in [6.45, 7) is -1.16. The minimum atomic E-state index is -2.10. The van der Waals surface area contributed by atoms with E-state index in [4.69, 9.17) is 4.74 Å². The molecule has 0 aliphatic heterocycles. The molecule has 0 fully saturated rings. The first-order valence-corrected chi connectivity index (χ1v) is 6.76. The molecule has 0 aromatic carbocycles. The van der Waals surface area contributed by atoms with Crippen molar-refractivity contribution in [2.45, 2.75) is 24.2 Å². The third-order valence-electron chi connectivity index (χ3n) is 3.41. The SMILES string of the molecule is O=[N+]([O-])C1=CC(F)(COCC2(F)C=C([N+](=O)[O-])C=CC2)CC=C1. The number of rotatable bonds is 6. The summed E-state index contributed by atoms with van der Waals surface area (Å²) in [6, 6.07) is 0. The first-order chi connectivity index (χ1) is 10.7. The van der Waals surface area contributed by atoms with Crippen LogP contribution in [0.15, 0.2) is 47.9 Å². The van der Waals surface area contributed by atoms with Gasteiger partial charge in [0, 0.05) is 37.1 Å². The molecule has 2 atom stereocenters. The van der Waals surface area contributed by atoms with Gasteiger partial charge in [0.1, 0.15) is 0 Å². The van der Waals surface area contributed by atoms with Crippen LogP contribution in [0.5, 0.6) is 0 Å². The van der Waals surface area contributed by atoms with E-state index in [1.54, 1.807) is 0 Å². The van der Waals surface area contributed by atoms with Gasteiger partial charge < -0.3 is 4.74 Å². The van der Waals surface area contributed by atoms with E-state index in [1.165, 1.54) is 24.3 Å². The Morgan fingerprint density at radius 2 is 1.35 bits per heavy atom. The Hall–Kier alpha value is -2.42. The van der Waals surface area contributed by atoms with Crippen LogP contribution in [0, 0.1) is 20.2 Å². The number of nitro groups is 2. The van der Waals surface area contributed by atoms with Gasteiger partial charge in [0.15, 0.2) is 11.3 Å². The number of ether oxygens (including phenoxy) is 1. The normalized spacial score (nSPS) is 29.8. The lowest BCUT2D eigenvalue weighted by Crippen LogP contribution is -2.35. The van der Waals surface area contributed by atoms with E-state index in [0.717, 1.165) is 12.2 Å². The minimum Gasteiger partial charge on any atom is -0.374 e. The molecular weight excluding hydrogens is 314 g/mol. The van der Waals surface area contributed by atoms with Crippen molar-refractivity contribution >= 4 is 0 Å². The molecule has 2 aliphatic carbocycles. The highest BCUT2D eigenvalue weighted by Gasteiger charge is 2.36. The van der Waals surface area contributed by atoms with E-state index in [9.17, 15) is 29.0 Å². The Balaban J connectivity index is 1.97. The molecule has 2 rings (SSSR count). The van der Waals surface area contributed by atoms with Crippen LogP contribution >= 0.6 is 0 Å². The van der Waals surface area contributed by atoms with E-state index in [1.807, 2.05) is 0 Å². The zero-order valence-electron chi connectivity index (χ0n) is 12.0. The molecule has 2 unspecified atom stereocenters. The minimum absolute atomic E-state index is 0.125.